The van der Waals surface area contributed by atoms with Crippen molar-refractivity contribution in [2.24, 2.45) is 16.6 Å². The van der Waals surface area contributed by atoms with Crippen molar-refractivity contribution in [3.8, 4) is 5.75 Å². The van der Waals surface area contributed by atoms with Crippen molar-refractivity contribution in [1.29, 1.82) is 0 Å². The zero-order valence-corrected chi connectivity index (χ0v) is 15.8. The van der Waals surface area contributed by atoms with E-state index in [-0.39, 0.29) is 11.6 Å². The van der Waals surface area contributed by atoms with Crippen molar-refractivity contribution in [2.75, 3.05) is 27.2 Å². The third-order valence-electron chi connectivity index (χ3n) is 5.84. The summed E-state index contributed by atoms with van der Waals surface area (Å²) in [7, 11) is 4.35. The minimum atomic E-state index is 0.136. The van der Waals surface area contributed by atoms with E-state index in [1.807, 2.05) is 18.2 Å². The SMILES string of the molecule is CC1CCCC(CN=C(N)NC2CCOc3ccccc32)(N(C)C)C1. The fourth-order valence-electron chi connectivity index (χ4n) is 4.27. The van der Waals surface area contributed by atoms with Gasteiger partial charge < -0.3 is 20.7 Å². The van der Waals surface area contributed by atoms with Crippen molar-refractivity contribution < 1.29 is 4.74 Å². The lowest BCUT2D eigenvalue weighted by atomic mass is 9.75. The summed E-state index contributed by atoms with van der Waals surface area (Å²) in [6, 6.07) is 8.34. The van der Waals surface area contributed by atoms with Crippen molar-refractivity contribution in [1.82, 2.24) is 10.2 Å². The molecule has 1 aromatic rings. The summed E-state index contributed by atoms with van der Waals surface area (Å²) < 4.78 is 5.72. The van der Waals surface area contributed by atoms with Gasteiger partial charge in [-0.05, 0) is 38.9 Å². The van der Waals surface area contributed by atoms with E-state index in [0.717, 1.165) is 24.6 Å². The Balaban J connectivity index is 1.68. The lowest BCUT2D eigenvalue weighted by Crippen LogP contribution is -2.51. The first kappa shape index (κ1) is 18.1. The van der Waals surface area contributed by atoms with Gasteiger partial charge >= 0.3 is 0 Å². The molecule has 1 fully saturated rings. The van der Waals surface area contributed by atoms with Crippen LogP contribution >= 0.6 is 0 Å². The van der Waals surface area contributed by atoms with Gasteiger partial charge in [-0.15, -0.1) is 0 Å². The number of nitrogens with zero attached hydrogens (tertiary/aromatic N) is 2. The molecule has 0 spiro atoms. The molecule has 0 saturated heterocycles. The van der Waals surface area contributed by atoms with Gasteiger partial charge in [0.05, 0.1) is 19.2 Å². The fraction of sp³-hybridized carbons (Fsp3) is 0.650. The Labute approximate surface area is 151 Å². The average Bonchev–Trinajstić information content (AvgIpc) is 2.60. The maximum Gasteiger partial charge on any atom is 0.189 e. The number of likely N-dealkylation sites (N-methyl/N-ethyl adjacent to an activating group) is 1. The number of aliphatic imine (C=N–C) groups is 1. The van der Waals surface area contributed by atoms with Crippen LogP contribution in [0.3, 0.4) is 0 Å². The first-order valence-electron chi connectivity index (χ1n) is 9.46. The van der Waals surface area contributed by atoms with Gasteiger partial charge in [0, 0.05) is 17.5 Å². The van der Waals surface area contributed by atoms with E-state index in [9.17, 15) is 0 Å². The van der Waals surface area contributed by atoms with Crippen LogP contribution in [0.2, 0.25) is 0 Å². The monoisotopic (exact) mass is 344 g/mol. The number of hydrogen-bond acceptors (Lipinski definition) is 3. The molecule has 2 aliphatic rings. The molecule has 138 valence electrons. The zero-order valence-electron chi connectivity index (χ0n) is 15.8. The van der Waals surface area contributed by atoms with Crippen LogP contribution in [0.1, 0.15) is 50.6 Å². The minimum absolute atomic E-state index is 0.136. The van der Waals surface area contributed by atoms with Gasteiger partial charge in [0.1, 0.15) is 5.75 Å². The molecule has 0 radical (unpaired) electrons. The van der Waals surface area contributed by atoms with Gasteiger partial charge in [0.2, 0.25) is 0 Å². The Morgan fingerprint density at radius 1 is 1.36 bits per heavy atom. The van der Waals surface area contributed by atoms with Gasteiger partial charge in [0.15, 0.2) is 5.96 Å². The number of rotatable bonds is 4. The number of benzene rings is 1. The number of ether oxygens (including phenoxy) is 1. The fourth-order valence-corrected chi connectivity index (χ4v) is 4.27. The van der Waals surface area contributed by atoms with Crippen LogP contribution < -0.4 is 15.8 Å². The standard InChI is InChI=1S/C20H32N4O/c1-15-7-6-11-20(13-15,24(2)3)14-22-19(21)23-17-10-12-25-18-9-5-4-8-16(17)18/h4-5,8-9,15,17H,6-7,10-14H2,1-3H3,(H3,21,22,23). The topological polar surface area (TPSA) is 62.9 Å². The number of guanidine groups is 1. The molecule has 5 heteroatoms. The first-order chi connectivity index (χ1) is 12.0. The predicted octanol–water partition coefficient (Wildman–Crippen LogP) is 2.93. The van der Waals surface area contributed by atoms with Gasteiger partial charge in [0.25, 0.3) is 0 Å². The molecule has 0 aromatic heterocycles. The van der Waals surface area contributed by atoms with Crippen LogP contribution in [-0.2, 0) is 0 Å². The third kappa shape index (κ3) is 4.09. The largest absolute Gasteiger partial charge is 0.493 e. The lowest BCUT2D eigenvalue weighted by molar-refractivity contribution is 0.0845. The highest BCUT2D eigenvalue weighted by Crippen LogP contribution is 2.36. The quantitative estimate of drug-likeness (QED) is 0.651. The maximum atomic E-state index is 6.25. The molecule has 0 bridgehead atoms. The second-order valence-corrected chi connectivity index (χ2v) is 7.89. The van der Waals surface area contributed by atoms with E-state index in [2.05, 4.69) is 37.3 Å². The first-order valence-corrected chi connectivity index (χ1v) is 9.46. The smallest absolute Gasteiger partial charge is 0.189 e. The Kier molecular flexibility index (Phi) is 5.52. The Morgan fingerprint density at radius 2 is 2.16 bits per heavy atom. The van der Waals surface area contributed by atoms with Crippen LogP contribution in [0.5, 0.6) is 5.75 Å². The molecule has 1 saturated carbocycles. The summed E-state index contributed by atoms with van der Waals surface area (Å²) in [4.78, 5) is 7.09. The van der Waals surface area contributed by atoms with Gasteiger partial charge in [-0.2, -0.15) is 0 Å². The number of hydrogen-bond donors (Lipinski definition) is 2. The molecule has 1 aromatic carbocycles. The molecule has 1 aliphatic heterocycles. The number of nitrogens with two attached hydrogens (primary N) is 1. The molecule has 3 N–H and O–H groups in total. The number of fused-ring (bicyclic) bond motifs is 1. The predicted molar refractivity (Wildman–Crippen MR) is 103 cm³/mol. The summed E-state index contributed by atoms with van der Waals surface area (Å²) in [5.41, 5.74) is 7.56. The molecule has 3 unspecified atom stereocenters. The molecule has 1 heterocycles. The van der Waals surface area contributed by atoms with Crippen molar-refractivity contribution in [2.45, 2.75) is 50.6 Å². The van der Waals surface area contributed by atoms with E-state index >= 15 is 0 Å². The van der Waals surface area contributed by atoms with Gasteiger partial charge in [-0.25, -0.2) is 0 Å². The van der Waals surface area contributed by atoms with E-state index in [0.29, 0.717) is 12.6 Å². The van der Waals surface area contributed by atoms with E-state index in [1.54, 1.807) is 0 Å². The zero-order chi connectivity index (χ0) is 17.9. The van der Waals surface area contributed by atoms with E-state index < -0.39 is 0 Å². The molecule has 0 amide bonds. The molecule has 3 atom stereocenters. The van der Waals surface area contributed by atoms with Crippen LogP contribution in [0.25, 0.3) is 0 Å². The number of para-hydroxylation sites is 1. The second-order valence-electron chi connectivity index (χ2n) is 7.89. The normalized spacial score (nSPS) is 29.8. The average molecular weight is 345 g/mol. The highest BCUT2D eigenvalue weighted by molar-refractivity contribution is 5.78. The van der Waals surface area contributed by atoms with Crippen LogP contribution in [0, 0.1) is 5.92 Å². The van der Waals surface area contributed by atoms with Crippen molar-refractivity contribution >= 4 is 5.96 Å². The van der Waals surface area contributed by atoms with E-state index in [4.69, 9.17) is 15.5 Å². The number of nitrogens with one attached hydrogen (secondary N) is 1. The van der Waals surface area contributed by atoms with Crippen molar-refractivity contribution in [3.05, 3.63) is 29.8 Å². The van der Waals surface area contributed by atoms with E-state index in [1.165, 1.54) is 31.2 Å². The molecular weight excluding hydrogens is 312 g/mol. The molecule has 3 rings (SSSR count). The van der Waals surface area contributed by atoms with Crippen molar-refractivity contribution in [3.63, 3.8) is 0 Å². The summed E-state index contributed by atoms with van der Waals surface area (Å²) in [5.74, 6) is 2.24. The summed E-state index contributed by atoms with van der Waals surface area (Å²) in [6.45, 7) is 3.82. The molecule has 25 heavy (non-hydrogen) atoms. The third-order valence-corrected chi connectivity index (χ3v) is 5.84. The molecule has 1 aliphatic carbocycles. The molecular formula is C20H32N4O. The summed E-state index contributed by atoms with van der Waals surface area (Å²) >= 11 is 0. The van der Waals surface area contributed by atoms with Crippen LogP contribution in [-0.4, -0.2) is 43.6 Å². The minimum Gasteiger partial charge on any atom is -0.493 e. The Bertz CT molecular complexity index is 615. The van der Waals surface area contributed by atoms with Crippen LogP contribution in [0.4, 0.5) is 0 Å². The highest BCUT2D eigenvalue weighted by Gasteiger charge is 2.36. The van der Waals surface area contributed by atoms with Gasteiger partial charge in [-0.3, -0.25) is 4.99 Å². The summed E-state index contributed by atoms with van der Waals surface area (Å²) in [5, 5.41) is 3.41. The Hall–Kier alpha value is -1.75. The highest BCUT2D eigenvalue weighted by atomic mass is 16.5. The lowest BCUT2D eigenvalue weighted by Gasteiger charge is -2.44. The van der Waals surface area contributed by atoms with Gasteiger partial charge in [-0.1, -0.05) is 38.0 Å². The summed E-state index contributed by atoms with van der Waals surface area (Å²) in [6.07, 6.45) is 5.89. The Morgan fingerprint density at radius 3 is 2.92 bits per heavy atom. The molecule has 5 nitrogen and oxygen atoms in total. The maximum absolute atomic E-state index is 6.25. The van der Waals surface area contributed by atoms with Crippen LogP contribution in [0.15, 0.2) is 29.3 Å². The second kappa shape index (κ2) is 7.65.